The third-order valence-corrected chi connectivity index (χ3v) is 4.23. The van der Waals surface area contributed by atoms with Gasteiger partial charge < -0.3 is 24.2 Å². The second-order valence-corrected chi connectivity index (χ2v) is 7.06. The van der Waals surface area contributed by atoms with Crippen LogP contribution in [0.4, 0.5) is 4.79 Å². The van der Waals surface area contributed by atoms with Gasteiger partial charge in [-0.25, -0.2) is 4.79 Å². The number of hydrogen-bond donors (Lipinski definition) is 1. The molecule has 1 rings (SSSR count). The quantitative estimate of drug-likeness (QED) is 0.599. The Morgan fingerprint density at radius 2 is 1.96 bits per heavy atom. The Labute approximate surface area is 139 Å². The van der Waals surface area contributed by atoms with Crippen molar-refractivity contribution in [2.24, 2.45) is 5.92 Å². The molecule has 1 atom stereocenters. The SMILES string of the molecule is C=C1CN(C(=O)OC(C)(C)C)CCC1CCC(CO)(OC)OC. The van der Waals surface area contributed by atoms with Gasteiger partial charge in [0.2, 0.25) is 0 Å². The Morgan fingerprint density at radius 1 is 1.35 bits per heavy atom. The minimum Gasteiger partial charge on any atom is -0.444 e. The van der Waals surface area contributed by atoms with Crippen molar-refractivity contribution in [2.45, 2.75) is 51.4 Å². The summed E-state index contributed by atoms with van der Waals surface area (Å²) in [5.41, 5.74) is 0.508. The largest absolute Gasteiger partial charge is 0.444 e. The zero-order valence-electron chi connectivity index (χ0n) is 15.1. The van der Waals surface area contributed by atoms with Crippen LogP contribution in [0.5, 0.6) is 0 Å². The number of aliphatic hydroxyl groups excluding tert-OH is 1. The Bertz CT molecular complexity index is 403. The number of nitrogens with zero attached hydrogens (tertiary/aromatic N) is 1. The van der Waals surface area contributed by atoms with E-state index in [1.54, 1.807) is 4.90 Å². The van der Waals surface area contributed by atoms with Gasteiger partial charge in [0, 0.05) is 33.7 Å². The minimum atomic E-state index is -0.956. The highest BCUT2D eigenvalue weighted by molar-refractivity contribution is 5.68. The summed E-state index contributed by atoms with van der Waals surface area (Å²) < 4.78 is 16.0. The van der Waals surface area contributed by atoms with Gasteiger partial charge in [0.15, 0.2) is 5.79 Å². The van der Waals surface area contributed by atoms with Gasteiger partial charge in [-0.05, 0) is 39.5 Å². The predicted octanol–water partition coefficient (Wildman–Crippen LogP) is 2.56. The highest BCUT2D eigenvalue weighted by Crippen LogP contribution is 2.30. The van der Waals surface area contributed by atoms with E-state index >= 15 is 0 Å². The van der Waals surface area contributed by atoms with Gasteiger partial charge in [-0.15, -0.1) is 0 Å². The molecule has 1 unspecified atom stereocenters. The van der Waals surface area contributed by atoms with Gasteiger partial charge in [0.1, 0.15) is 5.60 Å². The summed E-state index contributed by atoms with van der Waals surface area (Å²) in [6.45, 7) is 10.6. The van der Waals surface area contributed by atoms with E-state index in [2.05, 4.69) is 6.58 Å². The molecular formula is C17H31NO5. The number of carbonyl (C=O) groups is 1. The predicted molar refractivity (Wildman–Crippen MR) is 88.1 cm³/mol. The fourth-order valence-corrected chi connectivity index (χ4v) is 2.69. The van der Waals surface area contributed by atoms with Crippen molar-refractivity contribution >= 4 is 6.09 Å². The lowest BCUT2D eigenvalue weighted by molar-refractivity contribution is -0.232. The summed E-state index contributed by atoms with van der Waals surface area (Å²) >= 11 is 0. The van der Waals surface area contributed by atoms with E-state index in [1.165, 1.54) is 14.2 Å². The first-order valence-electron chi connectivity index (χ1n) is 8.03. The topological polar surface area (TPSA) is 68.2 Å². The van der Waals surface area contributed by atoms with Crippen molar-refractivity contribution < 1.29 is 24.1 Å². The maximum absolute atomic E-state index is 12.1. The number of hydrogen-bond acceptors (Lipinski definition) is 5. The van der Waals surface area contributed by atoms with Crippen molar-refractivity contribution in [1.82, 2.24) is 4.90 Å². The van der Waals surface area contributed by atoms with Gasteiger partial charge in [0.25, 0.3) is 0 Å². The zero-order valence-corrected chi connectivity index (χ0v) is 15.1. The van der Waals surface area contributed by atoms with Crippen LogP contribution in [-0.4, -0.2) is 61.4 Å². The standard InChI is InChI=1S/C17H31NO5/c1-13-11-18(15(20)23-16(2,3)4)10-8-14(13)7-9-17(12-19,21-5)22-6/h14,19H,1,7-12H2,2-6H3. The average molecular weight is 329 g/mol. The molecule has 23 heavy (non-hydrogen) atoms. The van der Waals surface area contributed by atoms with Crippen molar-refractivity contribution in [1.29, 1.82) is 0 Å². The summed E-state index contributed by atoms with van der Waals surface area (Å²) in [6.07, 6.45) is 1.90. The molecule has 0 aromatic heterocycles. The molecule has 1 N–H and O–H groups in total. The highest BCUT2D eigenvalue weighted by Gasteiger charge is 2.33. The van der Waals surface area contributed by atoms with Crippen LogP contribution in [0.3, 0.4) is 0 Å². The van der Waals surface area contributed by atoms with E-state index in [0.29, 0.717) is 19.5 Å². The summed E-state index contributed by atoms with van der Waals surface area (Å²) in [7, 11) is 3.05. The smallest absolute Gasteiger partial charge is 0.410 e. The molecule has 0 bridgehead atoms. The first-order chi connectivity index (χ1) is 10.7. The number of likely N-dealkylation sites (tertiary alicyclic amines) is 1. The van der Waals surface area contributed by atoms with E-state index in [1.807, 2.05) is 20.8 Å². The Balaban J connectivity index is 2.53. The summed E-state index contributed by atoms with van der Waals surface area (Å²) in [4.78, 5) is 13.8. The van der Waals surface area contributed by atoms with Crippen molar-refractivity contribution in [3.8, 4) is 0 Å². The summed E-state index contributed by atoms with van der Waals surface area (Å²) in [5.74, 6) is -0.673. The van der Waals surface area contributed by atoms with Crippen LogP contribution in [0.1, 0.15) is 40.0 Å². The molecule has 1 aliphatic rings. The molecular weight excluding hydrogens is 298 g/mol. The second-order valence-electron chi connectivity index (χ2n) is 7.06. The maximum atomic E-state index is 12.1. The zero-order chi connectivity index (χ0) is 17.7. The number of amides is 1. The monoisotopic (exact) mass is 329 g/mol. The van der Waals surface area contributed by atoms with Gasteiger partial charge >= 0.3 is 6.09 Å². The van der Waals surface area contributed by atoms with Gasteiger partial charge in [-0.1, -0.05) is 12.2 Å². The normalized spacial score (nSPS) is 19.8. The first-order valence-corrected chi connectivity index (χ1v) is 8.03. The summed E-state index contributed by atoms with van der Waals surface area (Å²) in [6, 6.07) is 0. The second kappa shape index (κ2) is 8.13. The first kappa shape index (κ1) is 19.9. The van der Waals surface area contributed by atoms with E-state index in [0.717, 1.165) is 18.4 Å². The van der Waals surface area contributed by atoms with Crippen LogP contribution in [0, 0.1) is 5.92 Å². The molecule has 0 aromatic carbocycles. The molecule has 0 aliphatic carbocycles. The molecule has 134 valence electrons. The fraction of sp³-hybridized carbons (Fsp3) is 0.824. The number of aliphatic hydroxyl groups is 1. The van der Waals surface area contributed by atoms with Gasteiger partial charge in [0.05, 0.1) is 6.61 Å². The Morgan fingerprint density at radius 3 is 2.39 bits per heavy atom. The van der Waals surface area contributed by atoms with E-state index in [9.17, 15) is 9.90 Å². The van der Waals surface area contributed by atoms with Crippen molar-refractivity contribution in [2.75, 3.05) is 33.9 Å². The van der Waals surface area contributed by atoms with Crippen LogP contribution in [0.2, 0.25) is 0 Å². The average Bonchev–Trinajstić information content (AvgIpc) is 2.48. The van der Waals surface area contributed by atoms with Crippen LogP contribution in [0.25, 0.3) is 0 Å². The van der Waals surface area contributed by atoms with E-state index < -0.39 is 11.4 Å². The highest BCUT2D eigenvalue weighted by atomic mass is 16.7. The van der Waals surface area contributed by atoms with E-state index in [-0.39, 0.29) is 18.6 Å². The molecule has 6 heteroatoms. The van der Waals surface area contributed by atoms with E-state index in [4.69, 9.17) is 14.2 Å². The van der Waals surface area contributed by atoms with Crippen LogP contribution in [0.15, 0.2) is 12.2 Å². The molecule has 0 saturated carbocycles. The minimum absolute atomic E-state index is 0.191. The molecule has 1 saturated heterocycles. The number of methoxy groups -OCH3 is 2. The Hall–Kier alpha value is -1.11. The molecule has 0 radical (unpaired) electrons. The lowest BCUT2D eigenvalue weighted by Gasteiger charge is -2.36. The van der Waals surface area contributed by atoms with Gasteiger partial charge in [-0.3, -0.25) is 0 Å². The Kier molecular flexibility index (Phi) is 7.04. The molecule has 0 spiro atoms. The molecule has 1 fully saturated rings. The van der Waals surface area contributed by atoms with Crippen molar-refractivity contribution in [3.63, 3.8) is 0 Å². The molecule has 6 nitrogen and oxygen atoms in total. The third-order valence-electron chi connectivity index (χ3n) is 4.23. The molecule has 1 amide bonds. The van der Waals surface area contributed by atoms with Crippen LogP contribution >= 0.6 is 0 Å². The maximum Gasteiger partial charge on any atom is 0.410 e. The molecule has 0 aromatic rings. The third kappa shape index (κ3) is 5.79. The van der Waals surface area contributed by atoms with Crippen molar-refractivity contribution in [3.05, 3.63) is 12.2 Å². The van der Waals surface area contributed by atoms with Crippen LogP contribution < -0.4 is 0 Å². The fourth-order valence-electron chi connectivity index (χ4n) is 2.69. The lowest BCUT2D eigenvalue weighted by atomic mass is 9.87. The number of rotatable bonds is 6. The van der Waals surface area contributed by atoms with Crippen LogP contribution in [-0.2, 0) is 14.2 Å². The lowest BCUT2D eigenvalue weighted by Crippen LogP contribution is -2.43. The summed E-state index contributed by atoms with van der Waals surface area (Å²) in [5, 5.41) is 9.45. The number of piperidine rings is 1. The van der Waals surface area contributed by atoms with Gasteiger partial charge in [-0.2, -0.15) is 0 Å². The molecule has 1 heterocycles. The molecule has 1 aliphatic heterocycles. The number of ether oxygens (including phenoxy) is 3. The number of carbonyl (C=O) groups excluding carboxylic acids is 1.